The van der Waals surface area contributed by atoms with Crippen LogP contribution in [0.15, 0.2) is 66.7 Å². The fourth-order valence-corrected chi connectivity index (χ4v) is 4.64. The average Bonchev–Trinajstić information content (AvgIpc) is 2.87. The number of hydroxylamine groups is 1. The predicted molar refractivity (Wildman–Crippen MR) is 148 cm³/mol. The fraction of sp³-hybridized carbons (Fsp3) is 0.200. The van der Waals surface area contributed by atoms with Crippen molar-refractivity contribution in [3.05, 3.63) is 87.2 Å². The number of rotatable bonds is 6. The van der Waals surface area contributed by atoms with Gasteiger partial charge in [0, 0.05) is 27.9 Å². The molecule has 10 heteroatoms. The van der Waals surface area contributed by atoms with Crippen LogP contribution in [0.1, 0.15) is 15.9 Å². The lowest BCUT2D eigenvalue weighted by Crippen LogP contribution is -2.48. The Morgan fingerprint density at radius 2 is 1.77 bits per heavy atom. The average molecular weight is 701 g/mol. The number of nitrogens with zero attached hydrogens (tertiary/aromatic N) is 2. The van der Waals surface area contributed by atoms with E-state index in [4.69, 9.17) is 4.74 Å². The summed E-state index contributed by atoms with van der Waals surface area (Å²) >= 11 is 3.67. The second-order valence-electron chi connectivity index (χ2n) is 7.88. The van der Waals surface area contributed by atoms with Crippen molar-refractivity contribution in [3.63, 3.8) is 0 Å². The molecule has 0 aliphatic carbocycles. The number of morpholine rings is 1. The molecule has 3 amide bonds. The highest BCUT2D eigenvalue weighted by molar-refractivity contribution is 14.1. The summed E-state index contributed by atoms with van der Waals surface area (Å²) in [6.45, 7) is 2.29. The topological polar surface area (TPSA) is 71.1 Å². The van der Waals surface area contributed by atoms with Gasteiger partial charge in [0.1, 0.15) is 28.8 Å². The Balaban J connectivity index is 1.66. The van der Waals surface area contributed by atoms with E-state index in [0.29, 0.717) is 44.1 Å². The lowest BCUT2D eigenvalue weighted by Gasteiger charge is -2.33. The number of carbonyl (C=O) groups excluding carboxylic acids is 2. The van der Waals surface area contributed by atoms with E-state index in [1.165, 1.54) is 12.1 Å². The lowest BCUT2D eigenvalue weighted by molar-refractivity contribution is 0.0548. The fourth-order valence-electron chi connectivity index (χ4n) is 3.81. The molecule has 0 bridgehead atoms. The summed E-state index contributed by atoms with van der Waals surface area (Å²) in [5.41, 5.74) is 5.81. The number of hydrogen-bond acceptors (Lipinski definition) is 4. The molecule has 1 aliphatic rings. The second kappa shape index (κ2) is 12.1. The molecule has 0 saturated carbocycles. The molecule has 3 aromatic carbocycles. The van der Waals surface area contributed by atoms with Gasteiger partial charge in [-0.05, 0) is 81.7 Å². The van der Waals surface area contributed by atoms with Crippen molar-refractivity contribution >= 4 is 63.2 Å². The number of anilines is 1. The normalized spacial score (nSPS) is 13.4. The largest absolute Gasteiger partial charge is 0.378 e. The summed E-state index contributed by atoms with van der Waals surface area (Å²) in [6, 6.07) is 19.2. The van der Waals surface area contributed by atoms with Gasteiger partial charge in [-0.15, -0.1) is 0 Å². The van der Waals surface area contributed by atoms with Gasteiger partial charge in [0.05, 0.1) is 19.8 Å². The van der Waals surface area contributed by atoms with E-state index in [9.17, 15) is 14.0 Å². The predicted octanol–water partition coefficient (Wildman–Crippen LogP) is 5.57. The molecule has 182 valence electrons. The highest BCUT2D eigenvalue weighted by Crippen LogP contribution is 2.28. The molecule has 0 aromatic heterocycles. The van der Waals surface area contributed by atoms with Crippen LogP contribution >= 0.6 is 45.6 Å². The Morgan fingerprint density at radius 3 is 2.46 bits per heavy atom. The molecule has 1 saturated heterocycles. The third-order valence-corrected chi connectivity index (χ3v) is 6.40. The van der Waals surface area contributed by atoms with E-state index < -0.39 is 0 Å². The van der Waals surface area contributed by atoms with Crippen molar-refractivity contribution in [1.82, 2.24) is 10.4 Å². The standard InChI is InChI=1S/C25H22FI2N3O4/c26-21-12-20(13-22(27)15-21)19-2-1-3-23(14-19)31(25(33)30-8-10-34-11-9-30)16-17-4-6-18(7-5-17)24(32)29-35-28/h1-7,12-15H,8-11,16H2,(H,29,32). The van der Waals surface area contributed by atoms with E-state index in [1.54, 1.807) is 57.1 Å². The summed E-state index contributed by atoms with van der Waals surface area (Å²) in [5.74, 6) is -0.666. The van der Waals surface area contributed by atoms with Gasteiger partial charge in [0.2, 0.25) is 0 Å². The first-order chi connectivity index (χ1) is 16.9. The molecule has 4 rings (SSSR count). The number of benzene rings is 3. The molecule has 1 aliphatic heterocycles. The van der Waals surface area contributed by atoms with Crippen LogP contribution in [-0.2, 0) is 14.4 Å². The number of urea groups is 1. The smallest absolute Gasteiger partial charge is 0.324 e. The summed E-state index contributed by atoms with van der Waals surface area (Å²) in [4.78, 5) is 29.0. The summed E-state index contributed by atoms with van der Waals surface area (Å²) < 4.78 is 24.9. The third kappa shape index (κ3) is 6.68. The maximum Gasteiger partial charge on any atom is 0.324 e. The summed E-state index contributed by atoms with van der Waals surface area (Å²) in [5, 5.41) is 0. The van der Waals surface area contributed by atoms with Gasteiger partial charge in [-0.1, -0.05) is 24.3 Å². The molecule has 0 atom stereocenters. The number of hydrogen-bond donors (Lipinski definition) is 1. The Labute approximate surface area is 230 Å². The molecule has 0 unspecified atom stereocenters. The zero-order valence-corrected chi connectivity index (χ0v) is 22.9. The SMILES string of the molecule is O=C(NOI)c1ccc(CN(C(=O)N2CCOCC2)c2cccc(-c3cc(F)cc(I)c3)c2)cc1. The molecule has 1 N–H and O–H groups in total. The zero-order chi connectivity index (χ0) is 24.8. The first-order valence-corrected chi connectivity index (χ1v) is 12.8. The van der Waals surface area contributed by atoms with Crippen molar-refractivity contribution in [1.29, 1.82) is 0 Å². The van der Waals surface area contributed by atoms with Gasteiger partial charge in [-0.3, -0.25) is 9.69 Å². The minimum Gasteiger partial charge on any atom is -0.378 e. The van der Waals surface area contributed by atoms with Gasteiger partial charge in [0.15, 0.2) is 0 Å². The van der Waals surface area contributed by atoms with E-state index in [-0.39, 0.29) is 17.8 Å². The number of nitrogens with one attached hydrogen (secondary N) is 1. The molecule has 1 fully saturated rings. The van der Waals surface area contributed by atoms with Crippen LogP contribution in [0.3, 0.4) is 0 Å². The Hall–Kier alpha value is -2.29. The number of halogens is 3. The van der Waals surface area contributed by atoms with E-state index in [1.807, 2.05) is 30.3 Å². The Morgan fingerprint density at radius 1 is 1.03 bits per heavy atom. The molecule has 35 heavy (non-hydrogen) atoms. The van der Waals surface area contributed by atoms with Crippen molar-refractivity contribution in [3.8, 4) is 11.1 Å². The first-order valence-electron chi connectivity index (χ1n) is 10.8. The van der Waals surface area contributed by atoms with Crippen LogP contribution in [0.4, 0.5) is 14.9 Å². The van der Waals surface area contributed by atoms with Gasteiger partial charge >= 0.3 is 6.03 Å². The molecule has 0 radical (unpaired) electrons. The van der Waals surface area contributed by atoms with Crippen LogP contribution in [0.2, 0.25) is 0 Å². The lowest BCUT2D eigenvalue weighted by atomic mass is 10.0. The number of ether oxygens (including phenoxy) is 1. The Kier molecular flexibility index (Phi) is 8.92. The summed E-state index contributed by atoms with van der Waals surface area (Å²) in [6.07, 6.45) is 0. The van der Waals surface area contributed by atoms with E-state index in [0.717, 1.165) is 20.3 Å². The van der Waals surface area contributed by atoms with Crippen molar-refractivity contribution < 1.29 is 21.9 Å². The highest BCUT2D eigenvalue weighted by Gasteiger charge is 2.25. The first kappa shape index (κ1) is 25.8. The maximum absolute atomic E-state index is 14.0. The van der Waals surface area contributed by atoms with Crippen molar-refractivity contribution in [2.45, 2.75) is 6.54 Å². The molecule has 7 nitrogen and oxygen atoms in total. The van der Waals surface area contributed by atoms with E-state index >= 15 is 0 Å². The van der Waals surface area contributed by atoms with Crippen molar-refractivity contribution in [2.24, 2.45) is 0 Å². The molecule has 0 spiro atoms. The van der Waals surface area contributed by atoms with Crippen LogP contribution in [0.25, 0.3) is 11.1 Å². The third-order valence-electron chi connectivity index (χ3n) is 5.55. The number of amides is 3. The van der Waals surface area contributed by atoms with Crippen LogP contribution < -0.4 is 10.4 Å². The van der Waals surface area contributed by atoms with Crippen molar-refractivity contribution in [2.75, 3.05) is 31.2 Å². The second-order valence-corrected chi connectivity index (χ2v) is 9.57. The van der Waals surface area contributed by atoms with E-state index in [2.05, 4.69) is 31.2 Å². The van der Waals surface area contributed by atoms with Crippen LogP contribution in [0.5, 0.6) is 0 Å². The number of carbonyl (C=O) groups is 2. The molecular weight excluding hydrogens is 679 g/mol. The van der Waals surface area contributed by atoms with Gasteiger partial charge in [0.25, 0.3) is 5.91 Å². The van der Waals surface area contributed by atoms with Gasteiger partial charge in [-0.2, -0.15) is 0 Å². The molecular formula is C25H22FI2N3O4. The van der Waals surface area contributed by atoms with Gasteiger partial charge < -0.3 is 9.64 Å². The van der Waals surface area contributed by atoms with Crippen LogP contribution in [-0.4, -0.2) is 43.1 Å². The highest BCUT2D eigenvalue weighted by atomic mass is 127. The van der Waals surface area contributed by atoms with Gasteiger partial charge in [-0.25, -0.2) is 17.8 Å². The van der Waals surface area contributed by atoms with Crippen LogP contribution in [0, 0.1) is 9.39 Å². The zero-order valence-electron chi connectivity index (χ0n) is 18.5. The molecule has 1 heterocycles. The minimum absolute atomic E-state index is 0.139. The minimum atomic E-state index is -0.357. The monoisotopic (exact) mass is 701 g/mol. The molecule has 3 aromatic rings. The quantitative estimate of drug-likeness (QED) is 0.270. The summed E-state index contributed by atoms with van der Waals surface area (Å²) in [7, 11) is 0. The Bertz CT molecular complexity index is 1180. The maximum atomic E-state index is 14.0.